The number of ether oxygens (including phenoxy) is 2. The molecule has 0 heterocycles. The lowest BCUT2D eigenvalue weighted by molar-refractivity contribution is -0.0597. The molecule has 4 aliphatic carbocycles. The Morgan fingerprint density at radius 3 is 2.63 bits per heavy atom. The van der Waals surface area contributed by atoms with Crippen molar-refractivity contribution in [2.75, 3.05) is 0 Å². The van der Waals surface area contributed by atoms with Gasteiger partial charge in [-0.2, -0.15) is 0 Å². The third-order valence-electron chi connectivity index (χ3n) is 11.5. The number of hydrogen-bond donors (Lipinski definition) is 0. The van der Waals surface area contributed by atoms with E-state index in [4.69, 9.17) is 21.1 Å². The summed E-state index contributed by atoms with van der Waals surface area (Å²) in [6, 6.07) is 6.90. The molecule has 4 aliphatic rings. The summed E-state index contributed by atoms with van der Waals surface area (Å²) >= 11 is 6.02. The van der Waals surface area contributed by atoms with E-state index in [-0.39, 0.29) is 11.5 Å². The molecule has 0 bridgehead atoms. The molecule has 5 rings (SSSR count). The minimum Gasteiger partial charge on any atom is -0.430 e. The molecule has 0 aliphatic heterocycles. The van der Waals surface area contributed by atoms with E-state index in [1.54, 1.807) is 24.3 Å². The van der Waals surface area contributed by atoms with Crippen molar-refractivity contribution in [2.24, 2.45) is 46.3 Å². The Hall–Kier alpha value is -1.48. The van der Waals surface area contributed by atoms with Crippen LogP contribution in [0.2, 0.25) is 5.02 Å². The van der Waals surface area contributed by atoms with Crippen LogP contribution in [0.15, 0.2) is 35.9 Å². The molecule has 3 fully saturated rings. The molecule has 1 aromatic rings. The van der Waals surface area contributed by atoms with Crippen molar-refractivity contribution >= 4 is 17.8 Å². The molecule has 1 aromatic carbocycles. The molecule has 3 saturated carbocycles. The minimum atomic E-state index is -0.622. The number of rotatable bonds is 7. The lowest BCUT2D eigenvalue weighted by atomic mass is 9.47. The van der Waals surface area contributed by atoms with Crippen LogP contribution in [-0.2, 0) is 4.74 Å². The van der Waals surface area contributed by atoms with E-state index in [1.807, 2.05) is 0 Å². The highest BCUT2D eigenvalue weighted by Gasteiger charge is 2.59. The first-order chi connectivity index (χ1) is 18.1. The van der Waals surface area contributed by atoms with Crippen molar-refractivity contribution in [1.82, 2.24) is 0 Å². The number of allylic oxidation sites excluding steroid dienone is 1. The number of benzene rings is 1. The topological polar surface area (TPSA) is 35.5 Å². The third-order valence-corrected chi connectivity index (χ3v) is 11.8. The van der Waals surface area contributed by atoms with E-state index in [0.29, 0.717) is 16.2 Å². The molecule has 0 radical (unpaired) electrons. The lowest BCUT2D eigenvalue weighted by Gasteiger charge is -2.58. The molecule has 0 N–H and O–H groups in total. The first kappa shape index (κ1) is 28.1. The predicted molar refractivity (Wildman–Crippen MR) is 155 cm³/mol. The molecule has 8 atom stereocenters. The van der Waals surface area contributed by atoms with E-state index >= 15 is 0 Å². The highest BCUT2D eigenvalue weighted by atomic mass is 35.5. The summed E-state index contributed by atoms with van der Waals surface area (Å²) in [5, 5.41) is 0.545. The van der Waals surface area contributed by atoms with Crippen LogP contribution in [0.1, 0.15) is 105 Å². The van der Waals surface area contributed by atoms with Crippen molar-refractivity contribution in [2.45, 2.75) is 111 Å². The van der Waals surface area contributed by atoms with E-state index < -0.39 is 6.16 Å². The predicted octanol–water partition coefficient (Wildman–Crippen LogP) is 10.3. The van der Waals surface area contributed by atoms with Crippen LogP contribution >= 0.6 is 11.6 Å². The fourth-order valence-electron chi connectivity index (χ4n) is 9.54. The van der Waals surface area contributed by atoms with E-state index in [0.717, 1.165) is 54.8 Å². The zero-order valence-corrected chi connectivity index (χ0v) is 25.1. The Morgan fingerprint density at radius 1 is 1.05 bits per heavy atom. The Bertz CT molecular complexity index is 1030. The molecule has 38 heavy (non-hydrogen) atoms. The minimum absolute atomic E-state index is 0.103. The number of hydrogen-bond acceptors (Lipinski definition) is 3. The van der Waals surface area contributed by atoms with Crippen LogP contribution in [0.4, 0.5) is 4.79 Å². The van der Waals surface area contributed by atoms with Gasteiger partial charge in [-0.05, 0) is 109 Å². The monoisotopic (exact) mass is 540 g/mol. The molecule has 0 saturated heterocycles. The van der Waals surface area contributed by atoms with Gasteiger partial charge >= 0.3 is 6.16 Å². The molecule has 3 nitrogen and oxygen atoms in total. The maximum absolute atomic E-state index is 12.5. The van der Waals surface area contributed by atoms with Crippen molar-refractivity contribution in [1.29, 1.82) is 0 Å². The van der Waals surface area contributed by atoms with Gasteiger partial charge in [-0.25, -0.2) is 4.79 Å². The molecule has 4 heteroatoms. The fourth-order valence-corrected chi connectivity index (χ4v) is 9.72. The highest BCUT2D eigenvalue weighted by molar-refractivity contribution is 6.30. The zero-order valence-electron chi connectivity index (χ0n) is 24.3. The van der Waals surface area contributed by atoms with E-state index in [9.17, 15) is 4.79 Å². The lowest BCUT2D eigenvalue weighted by Crippen LogP contribution is -2.51. The van der Waals surface area contributed by atoms with Gasteiger partial charge in [0.05, 0.1) is 0 Å². The standard InChI is InChI=1S/C34H49ClO3/c1-22(2)8-6-9-23(3)29-14-15-30-28-13-12-24-20-27(38-32(36)37-26-11-7-10-25(35)21-26)16-18-33(24,4)31(28)17-19-34(29,30)5/h7,10-12,21-23,27-31H,6,8-9,13-20H2,1-5H3/t23-,27-,28+,29-,30+,31+,33+,34-/m1/s1. The molecule has 210 valence electrons. The van der Waals surface area contributed by atoms with Crippen LogP contribution in [0.25, 0.3) is 0 Å². The van der Waals surface area contributed by atoms with Gasteiger partial charge in [0.15, 0.2) is 0 Å². The highest BCUT2D eigenvalue weighted by Crippen LogP contribution is 2.67. The zero-order chi connectivity index (χ0) is 27.1. The second-order valence-corrected chi connectivity index (χ2v) is 14.5. The van der Waals surface area contributed by atoms with Gasteiger partial charge in [-0.1, -0.05) is 83.2 Å². The van der Waals surface area contributed by atoms with Crippen LogP contribution in [0.5, 0.6) is 5.75 Å². The summed E-state index contributed by atoms with van der Waals surface area (Å²) in [6.45, 7) is 12.5. The average molecular weight is 541 g/mol. The third kappa shape index (κ3) is 5.43. The van der Waals surface area contributed by atoms with E-state index in [2.05, 4.69) is 40.7 Å². The molecule has 0 unspecified atom stereocenters. The summed E-state index contributed by atoms with van der Waals surface area (Å²) < 4.78 is 11.2. The smallest absolute Gasteiger partial charge is 0.430 e. The molecular formula is C34H49ClO3. The first-order valence-corrected chi connectivity index (χ1v) is 15.8. The Labute approximate surface area is 236 Å². The molecule has 0 amide bonds. The fraction of sp³-hybridized carbons (Fsp3) is 0.735. The second-order valence-electron chi connectivity index (χ2n) is 14.1. The van der Waals surface area contributed by atoms with Gasteiger partial charge in [0.2, 0.25) is 0 Å². The average Bonchev–Trinajstić information content (AvgIpc) is 3.21. The van der Waals surface area contributed by atoms with Crippen molar-refractivity contribution < 1.29 is 14.3 Å². The van der Waals surface area contributed by atoms with Crippen molar-refractivity contribution in [3.8, 4) is 5.75 Å². The van der Waals surface area contributed by atoms with Gasteiger partial charge in [-0.3, -0.25) is 0 Å². The number of fused-ring (bicyclic) bond motifs is 5. The number of carbonyl (C=O) groups excluding carboxylic acids is 1. The Morgan fingerprint density at radius 2 is 1.87 bits per heavy atom. The summed E-state index contributed by atoms with van der Waals surface area (Å²) in [5.41, 5.74) is 2.30. The Balaban J connectivity index is 1.22. The van der Waals surface area contributed by atoms with Crippen molar-refractivity contribution in [3.05, 3.63) is 40.9 Å². The van der Waals surface area contributed by atoms with Gasteiger partial charge < -0.3 is 9.47 Å². The van der Waals surface area contributed by atoms with Gasteiger partial charge in [0.1, 0.15) is 11.9 Å². The maximum Gasteiger partial charge on any atom is 0.514 e. The number of halogens is 1. The SMILES string of the molecule is CC(C)CCC[C@@H](C)[C@H]1CC[C@H]2[C@@H]3CC=C4C[C@H](OC(=O)Oc5cccc(Cl)c5)CC[C@]4(C)[C@H]3CC[C@]12C. The van der Waals surface area contributed by atoms with Crippen LogP contribution in [0, 0.1) is 46.3 Å². The number of carbonyl (C=O) groups is 1. The summed E-state index contributed by atoms with van der Waals surface area (Å²) in [4.78, 5) is 12.5. The van der Waals surface area contributed by atoms with Crippen molar-refractivity contribution in [3.63, 3.8) is 0 Å². The molecule has 0 aromatic heterocycles. The quantitative estimate of drug-likeness (QED) is 0.196. The van der Waals surface area contributed by atoms with Gasteiger partial charge in [0.25, 0.3) is 0 Å². The van der Waals surface area contributed by atoms with E-state index in [1.165, 1.54) is 56.9 Å². The summed E-state index contributed by atoms with van der Waals surface area (Å²) in [6.07, 6.45) is 15.7. The van der Waals surface area contributed by atoms with Crippen LogP contribution in [0.3, 0.4) is 0 Å². The molecular weight excluding hydrogens is 492 g/mol. The van der Waals surface area contributed by atoms with Crippen LogP contribution in [-0.4, -0.2) is 12.3 Å². The largest absolute Gasteiger partial charge is 0.514 e. The normalized spacial score (nSPS) is 37.0. The summed E-state index contributed by atoms with van der Waals surface area (Å²) in [7, 11) is 0. The molecule has 0 spiro atoms. The summed E-state index contributed by atoms with van der Waals surface area (Å²) in [5.74, 6) is 5.46. The second kappa shape index (κ2) is 11.2. The maximum atomic E-state index is 12.5. The van der Waals surface area contributed by atoms with Gasteiger partial charge in [-0.15, -0.1) is 0 Å². The van der Waals surface area contributed by atoms with Crippen LogP contribution < -0.4 is 4.74 Å². The Kier molecular flexibility index (Phi) is 8.26. The first-order valence-electron chi connectivity index (χ1n) is 15.4. The van der Waals surface area contributed by atoms with Gasteiger partial charge in [0, 0.05) is 11.4 Å².